The molecule has 96 valence electrons. The van der Waals surface area contributed by atoms with Crippen molar-refractivity contribution in [1.82, 2.24) is 0 Å². The number of aliphatic carboxylic acids is 1. The number of hydrogen-bond donors (Lipinski definition) is 1. The minimum atomic E-state index is -1.44. The average Bonchev–Trinajstić information content (AvgIpc) is 2.36. The van der Waals surface area contributed by atoms with Crippen LogP contribution in [0.25, 0.3) is 0 Å². The predicted molar refractivity (Wildman–Crippen MR) is 62.3 cm³/mol. The molecule has 0 unspecified atom stereocenters. The van der Waals surface area contributed by atoms with Gasteiger partial charge < -0.3 is 24.7 Å². The molecule has 0 aromatic heterocycles. The number of methoxy groups -OCH3 is 2. The van der Waals surface area contributed by atoms with E-state index >= 15 is 0 Å². The monoisotopic (exact) mass is 250 g/mol. The van der Waals surface area contributed by atoms with Gasteiger partial charge in [-0.1, -0.05) is 0 Å². The molecule has 1 aromatic carbocycles. The van der Waals surface area contributed by atoms with Crippen molar-refractivity contribution >= 4 is 17.6 Å². The van der Waals surface area contributed by atoms with Gasteiger partial charge in [0, 0.05) is 12.1 Å². The van der Waals surface area contributed by atoms with Crippen LogP contribution < -0.4 is 19.9 Å². The molecule has 0 aliphatic carbocycles. The van der Waals surface area contributed by atoms with Gasteiger partial charge in [-0.3, -0.25) is 4.79 Å². The van der Waals surface area contributed by atoms with Crippen molar-refractivity contribution in [1.29, 1.82) is 0 Å². The van der Waals surface area contributed by atoms with Crippen molar-refractivity contribution in [3.63, 3.8) is 0 Å². The molecule has 18 heavy (non-hydrogen) atoms. The number of rotatable bonds is 5. The molecule has 0 spiro atoms. The number of benzene rings is 1. The van der Waals surface area contributed by atoms with E-state index in [1.54, 1.807) is 18.2 Å². The number of nitrogens with one attached hydrogen (secondary N) is 1. The van der Waals surface area contributed by atoms with Crippen molar-refractivity contribution in [2.45, 2.75) is 0 Å². The van der Waals surface area contributed by atoms with Crippen molar-refractivity contribution in [2.24, 2.45) is 0 Å². The summed E-state index contributed by atoms with van der Waals surface area (Å²) < 4.78 is 10.1. The Morgan fingerprint density at radius 2 is 1.94 bits per heavy atom. The molecule has 0 fully saturated rings. The topological polar surface area (TPSA) is 87.7 Å². The molecular weight excluding hydrogens is 238 g/mol. The quantitative estimate of drug-likeness (QED) is 0.740. The zero-order valence-electron chi connectivity index (χ0n) is 9.93. The van der Waals surface area contributed by atoms with Crippen LogP contribution in [0.4, 0.5) is 5.69 Å². The number of carbonyl (C=O) groups is 2. The molecule has 0 aliphatic heterocycles. The molecule has 6 heteroatoms. The van der Waals surface area contributed by atoms with E-state index in [0.29, 0.717) is 23.3 Å². The Labute approximate surface area is 104 Å². The van der Waals surface area contributed by atoms with Crippen molar-refractivity contribution in [3.05, 3.63) is 30.4 Å². The smallest absolute Gasteiger partial charge is 0.248 e. The lowest BCUT2D eigenvalue weighted by atomic mass is 10.2. The average molecular weight is 250 g/mol. The summed E-state index contributed by atoms with van der Waals surface area (Å²) in [5, 5.41) is 12.6. The highest BCUT2D eigenvalue weighted by Gasteiger charge is 2.06. The van der Waals surface area contributed by atoms with Gasteiger partial charge in [0.25, 0.3) is 0 Å². The van der Waals surface area contributed by atoms with E-state index in [4.69, 9.17) is 9.47 Å². The summed E-state index contributed by atoms with van der Waals surface area (Å²) in [6.07, 6.45) is 1.50. The number of carbonyl (C=O) groups excluding carboxylic acids is 2. The van der Waals surface area contributed by atoms with Gasteiger partial charge in [0.2, 0.25) is 5.91 Å². The van der Waals surface area contributed by atoms with Gasteiger partial charge in [0.15, 0.2) is 0 Å². The summed E-state index contributed by atoms with van der Waals surface area (Å²) in [6, 6.07) is 4.85. The summed E-state index contributed by atoms with van der Waals surface area (Å²) in [4.78, 5) is 21.6. The van der Waals surface area contributed by atoms with Gasteiger partial charge in [-0.2, -0.15) is 0 Å². The minimum absolute atomic E-state index is 0.379. The summed E-state index contributed by atoms with van der Waals surface area (Å²) in [7, 11) is 2.94. The Balaban J connectivity index is 2.88. The lowest BCUT2D eigenvalue weighted by Gasteiger charge is -2.10. The first kappa shape index (κ1) is 13.6. The Morgan fingerprint density at radius 1 is 1.22 bits per heavy atom. The molecule has 0 bridgehead atoms. The first-order chi connectivity index (χ1) is 8.56. The molecule has 6 nitrogen and oxygen atoms in total. The Bertz CT molecular complexity index is 481. The van der Waals surface area contributed by atoms with Crippen molar-refractivity contribution < 1.29 is 24.2 Å². The highest BCUT2D eigenvalue weighted by atomic mass is 16.5. The van der Waals surface area contributed by atoms with E-state index < -0.39 is 11.9 Å². The zero-order chi connectivity index (χ0) is 13.5. The maximum Gasteiger partial charge on any atom is 0.248 e. The fourth-order valence-corrected chi connectivity index (χ4v) is 1.23. The molecule has 0 heterocycles. The summed E-state index contributed by atoms with van der Waals surface area (Å²) in [5.41, 5.74) is 0.379. The molecule has 1 aromatic rings. The normalized spacial score (nSPS) is 10.1. The van der Waals surface area contributed by atoms with Gasteiger partial charge in [0.05, 0.1) is 25.9 Å². The summed E-state index contributed by atoms with van der Waals surface area (Å²) >= 11 is 0. The summed E-state index contributed by atoms with van der Waals surface area (Å²) in [6.45, 7) is 0. The van der Waals surface area contributed by atoms with E-state index in [2.05, 4.69) is 5.32 Å². The first-order valence-corrected chi connectivity index (χ1v) is 4.99. The van der Waals surface area contributed by atoms with Crippen LogP contribution in [-0.2, 0) is 9.59 Å². The number of carboxylic acid groups (broad SMARTS) is 1. The Morgan fingerprint density at radius 3 is 2.50 bits per heavy atom. The number of anilines is 1. The fraction of sp³-hybridized carbons (Fsp3) is 0.167. The van der Waals surface area contributed by atoms with E-state index in [-0.39, 0.29) is 0 Å². The van der Waals surface area contributed by atoms with Gasteiger partial charge >= 0.3 is 0 Å². The standard InChI is InChI=1S/C12H13NO5/c1-17-8-3-4-10(18-2)9(7-8)13-11(14)5-6-12(15)16/h3-7H,1-2H3,(H,13,14)(H,15,16)/p-1. The first-order valence-electron chi connectivity index (χ1n) is 4.99. The Kier molecular flexibility index (Phi) is 4.74. The second-order valence-electron chi connectivity index (χ2n) is 3.21. The van der Waals surface area contributed by atoms with Crippen LogP contribution in [0, 0.1) is 0 Å². The second-order valence-corrected chi connectivity index (χ2v) is 3.21. The van der Waals surface area contributed by atoms with E-state index in [9.17, 15) is 14.7 Å². The van der Waals surface area contributed by atoms with Crippen molar-refractivity contribution in [2.75, 3.05) is 19.5 Å². The van der Waals surface area contributed by atoms with E-state index in [0.717, 1.165) is 6.08 Å². The van der Waals surface area contributed by atoms with Gasteiger partial charge in [-0.05, 0) is 18.2 Å². The van der Waals surface area contributed by atoms with Gasteiger partial charge in [-0.25, -0.2) is 0 Å². The third-order valence-electron chi connectivity index (χ3n) is 2.04. The lowest BCUT2D eigenvalue weighted by Crippen LogP contribution is -2.20. The van der Waals surface area contributed by atoms with Gasteiger partial charge in [-0.15, -0.1) is 0 Å². The molecule has 0 radical (unpaired) electrons. The summed E-state index contributed by atoms with van der Waals surface area (Å²) in [5.74, 6) is -1.07. The predicted octanol–water partition coefficient (Wildman–Crippen LogP) is -0.0516. The molecule has 0 saturated heterocycles. The molecule has 0 saturated carbocycles. The fourth-order valence-electron chi connectivity index (χ4n) is 1.23. The minimum Gasteiger partial charge on any atom is -0.545 e. The Hall–Kier alpha value is -2.50. The number of carboxylic acids is 1. The van der Waals surface area contributed by atoms with Crippen LogP contribution >= 0.6 is 0 Å². The van der Waals surface area contributed by atoms with Crippen LogP contribution in [0.15, 0.2) is 30.4 Å². The molecule has 1 N–H and O–H groups in total. The van der Waals surface area contributed by atoms with E-state index in [1.165, 1.54) is 14.2 Å². The maximum absolute atomic E-state index is 11.4. The number of hydrogen-bond acceptors (Lipinski definition) is 5. The number of ether oxygens (including phenoxy) is 2. The second kappa shape index (κ2) is 6.29. The SMILES string of the molecule is COc1ccc(OC)c(NC(=O)C=CC(=O)[O-])c1. The highest BCUT2D eigenvalue weighted by molar-refractivity contribution is 6.02. The third-order valence-corrected chi connectivity index (χ3v) is 2.04. The maximum atomic E-state index is 11.4. The largest absolute Gasteiger partial charge is 0.545 e. The number of amides is 1. The van der Waals surface area contributed by atoms with Crippen LogP contribution in [0.2, 0.25) is 0 Å². The van der Waals surface area contributed by atoms with Crippen LogP contribution in [-0.4, -0.2) is 26.1 Å². The van der Waals surface area contributed by atoms with E-state index in [1.807, 2.05) is 0 Å². The zero-order valence-corrected chi connectivity index (χ0v) is 9.93. The molecule has 0 aliphatic rings. The van der Waals surface area contributed by atoms with Crippen molar-refractivity contribution in [3.8, 4) is 11.5 Å². The third kappa shape index (κ3) is 3.82. The molecular formula is C12H12NO5-. The highest BCUT2D eigenvalue weighted by Crippen LogP contribution is 2.28. The van der Waals surface area contributed by atoms with Gasteiger partial charge in [0.1, 0.15) is 11.5 Å². The molecule has 1 rings (SSSR count). The molecule has 0 atom stereocenters. The van der Waals surface area contributed by atoms with Crippen LogP contribution in [0.3, 0.4) is 0 Å². The van der Waals surface area contributed by atoms with Crippen LogP contribution in [0.5, 0.6) is 11.5 Å². The van der Waals surface area contributed by atoms with Crippen LogP contribution in [0.1, 0.15) is 0 Å². The lowest BCUT2D eigenvalue weighted by molar-refractivity contribution is -0.297. The molecule has 1 amide bonds.